The van der Waals surface area contributed by atoms with Gasteiger partial charge >= 0.3 is 0 Å². The maximum Gasteiger partial charge on any atom is 0.251 e. The Labute approximate surface area is 112 Å². The van der Waals surface area contributed by atoms with Gasteiger partial charge in [0.2, 0.25) is 5.91 Å². The Morgan fingerprint density at radius 3 is 2.47 bits per heavy atom. The molecular weight excluding hydrogens is 240 g/mol. The molecule has 1 aromatic carbocycles. The predicted octanol–water partition coefficient (Wildman–Crippen LogP) is 1.63. The average molecular weight is 258 g/mol. The van der Waals surface area contributed by atoms with Crippen LogP contribution in [0.5, 0.6) is 0 Å². The Kier molecular flexibility index (Phi) is 4.34. The van der Waals surface area contributed by atoms with E-state index in [0.717, 1.165) is 18.4 Å². The number of carbonyl (C=O) groups is 2. The van der Waals surface area contributed by atoms with Gasteiger partial charge in [-0.2, -0.15) is 0 Å². The summed E-state index contributed by atoms with van der Waals surface area (Å²) in [4.78, 5) is 23.1. The molecule has 0 spiro atoms. The lowest BCUT2D eigenvalue weighted by Crippen LogP contribution is -2.24. The van der Waals surface area contributed by atoms with Crippen LogP contribution < -0.4 is 10.6 Å². The number of carbonyl (C=O) groups excluding carboxylic acids is 2. The molecule has 0 atom stereocenters. The molecule has 0 unspecified atom stereocenters. The van der Waals surface area contributed by atoms with Gasteiger partial charge in [-0.1, -0.05) is 18.2 Å². The zero-order valence-electron chi connectivity index (χ0n) is 10.8. The number of hydrogen-bond acceptors (Lipinski definition) is 2. The fourth-order valence-corrected chi connectivity index (χ4v) is 1.72. The second kappa shape index (κ2) is 6.18. The summed E-state index contributed by atoms with van der Waals surface area (Å²) < 4.78 is 0. The monoisotopic (exact) mass is 258 g/mol. The van der Waals surface area contributed by atoms with Crippen LogP contribution in [0.4, 0.5) is 0 Å². The first-order valence-corrected chi connectivity index (χ1v) is 6.46. The zero-order valence-corrected chi connectivity index (χ0v) is 10.8. The number of benzene rings is 1. The largest absolute Gasteiger partial charge is 0.352 e. The van der Waals surface area contributed by atoms with Gasteiger partial charge in [0.05, 0.1) is 0 Å². The molecule has 4 nitrogen and oxygen atoms in total. The summed E-state index contributed by atoms with van der Waals surface area (Å²) >= 11 is 0. The highest BCUT2D eigenvalue weighted by Crippen LogP contribution is 2.28. The van der Waals surface area contributed by atoms with Gasteiger partial charge in [0.25, 0.3) is 5.91 Å². The number of hydrogen-bond donors (Lipinski definition) is 2. The summed E-state index contributed by atoms with van der Waals surface area (Å²) in [6.07, 6.45) is 3.65. The summed E-state index contributed by atoms with van der Waals surface area (Å²) in [6, 6.07) is 7.24. The van der Waals surface area contributed by atoms with Crippen molar-refractivity contribution in [3.05, 3.63) is 48.0 Å². The quantitative estimate of drug-likeness (QED) is 0.762. The predicted molar refractivity (Wildman–Crippen MR) is 73.5 cm³/mol. The molecule has 1 aliphatic carbocycles. The van der Waals surface area contributed by atoms with Crippen LogP contribution in [-0.2, 0) is 11.3 Å². The Hall–Kier alpha value is -2.10. The minimum atomic E-state index is -0.117. The molecular formula is C15H18N2O2. The van der Waals surface area contributed by atoms with Crippen molar-refractivity contribution in [2.75, 3.05) is 6.54 Å². The van der Waals surface area contributed by atoms with Crippen molar-refractivity contribution in [3.63, 3.8) is 0 Å². The molecule has 0 radical (unpaired) electrons. The Balaban J connectivity index is 1.84. The van der Waals surface area contributed by atoms with E-state index in [1.165, 1.54) is 0 Å². The van der Waals surface area contributed by atoms with Crippen LogP contribution in [0.2, 0.25) is 0 Å². The van der Waals surface area contributed by atoms with Gasteiger partial charge in [0.15, 0.2) is 0 Å². The molecule has 1 aliphatic rings. The Bertz CT molecular complexity index is 475. The van der Waals surface area contributed by atoms with Gasteiger partial charge in [0.1, 0.15) is 0 Å². The molecule has 0 saturated heterocycles. The van der Waals surface area contributed by atoms with E-state index in [1.807, 2.05) is 12.1 Å². The molecule has 0 aromatic heterocycles. The van der Waals surface area contributed by atoms with Crippen LogP contribution in [0, 0.1) is 5.92 Å². The van der Waals surface area contributed by atoms with Crippen LogP contribution >= 0.6 is 0 Å². The highest BCUT2D eigenvalue weighted by Gasteiger charge is 2.29. The van der Waals surface area contributed by atoms with E-state index in [9.17, 15) is 9.59 Å². The Morgan fingerprint density at radius 1 is 1.21 bits per heavy atom. The first kappa shape index (κ1) is 13.3. The van der Waals surface area contributed by atoms with Crippen molar-refractivity contribution < 1.29 is 9.59 Å². The molecule has 0 bridgehead atoms. The van der Waals surface area contributed by atoms with E-state index in [-0.39, 0.29) is 17.7 Å². The molecule has 2 N–H and O–H groups in total. The first-order valence-electron chi connectivity index (χ1n) is 6.46. The smallest absolute Gasteiger partial charge is 0.251 e. The van der Waals surface area contributed by atoms with Crippen molar-refractivity contribution in [2.45, 2.75) is 19.4 Å². The third-order valence-corrected chi connectivity index (χ3v) is 3.04. The van der Waals surface area contributed by atoms with Crippen molar-refractivity contribution in [2.24, 2.45) is 5.92 Å². The fraction of sp³-hybridized carbons (Fsp3) is 0.333. The van der Waals surface area contributed by atoms with E-state index >= 15 is 0 Å². The second-order valence-electron chi connectivity index (χ2n) is 4.69. The molecule has 0 aliphatic heterocycles. The molecule has 1 fully saturated rings. The lowest BCUT2D eigenvalue weighted by Gasteiger charge is -2.06. The lowest BCUT2D eigenvalue weighted by atomic mass is 10.1. The van der Waals surface area contributed by atoms with E-state index in [0.29, 0.717) is 18.7 Å². The van der Waals surface area contributed by atoms with Crippen LogP contribution in [0.15, 0.2) is 36.9 Å². The molecule has 19 heavy (non-hydrogen) atoms. The van der Waals surface area contributed by atoms with Crippen LogP contribution in [0.1, 0.15) is 28.8 Å². The van der Waals surface area contributed by atoms with E-state index in [2.05, 4.69) is 17.2 Å². The fourth-order valence-electron chi connectivity index (χ4n) is 1.72. The van der Waals surface area contributed by atoms with Gasteiger partial charge in [0, 0.05) is 24.6 Å². The summed E-state index contributed by atoms with van der Waals surface area (Å²) in [5, 5.41) is 5.61. The molecule has 100 valence electrons. The maximum absolute atomic E-state index is 11.6. The van der Waals surface area contributed by atoms with Crippen LogP contribution in [0.25, 0.3) is 0 Å². The normalized spacial score (nSPS) is 13.7. The van der Waals surface area contributed by atoms with E-state index < -0.39 is 0 Å². The van der Waals surface area contributed by atoms with Crippen molar-refractivity contribution in [1.29, 1.82) is 0 Å². The van der Waals surface area contributed by atoms with Crippen molar-refractivity contribution >= 4 is 11.8 Å². The van der Waals surface area contributed by atoms with Gasteiger partial charge in [-0.25, -0.2) is 0 Å². The summed E-state index contributed by atoms with van der Waals surface area (Å²) in [7, 11) is 0. The van der Waals surface area contributed by atoms with E-state index in [1.54, 1.807) is 18.2 Å². The van der Waals surface area contributed by atoms with Gasteiger partial charge in [-0.3, -0.25) is 9.59 Å². The lowest BCUT2D eigenvalue weighted by molar-refractivity contribution is -0.122. The zero-order chi connectivity index (χ0) is 13.7. The molecule has 0 heterocycles. The van der Waals surface area contributed by atoms with Crippen LogP contribution in [0.3, 0.4) is 0 Å². The number of amides is 2. The van der Waals surface area contributed by atoms with Crippen LogP contribution in [-0.4, -0.2) is 18.4 Å². The third-order valence-electron chi connectivity index (χ3n) is 3.04. The minimum Gasteiger partial charge on any atom is -0.352 e. The molecule has 1 saturated carbocycles. The summed E-state index contributed by atoms with van der Waals surface area (Å²) in [6.45, 7) is 4.52. The standard InChI is InChI=1S/C15H18N2O2/c1-2-9-16-14(18)12-5-3-11(4-6-12)10-17-15(19)13-7-8-13/h2-6,13H,1,7-10H2,(H,16,18)(H,17,19). The Morgan fingerprint density at radius 2 is 1.89 bits per heavy atom. The SMILES string of the molecule is C=CCNC(=O)c1ccc(CNC(=O)C2CC2)cc1. The van der Waals surface area contributed by atoms with Gasteiger partial charge in [-0.05, 0) is 30.5 Å². The van der Waals surface area contributed by atoms with Crippen molar-refractivity contribution in [1.82, 2.24) is 10.6 Å². The molecule has 2 rings (SSSR count). The summed E-state index contributed by atoms with van der Waals surface area (Å²) in [5.74, 6) is 0.241. The molecule has 1 aromatic rings. The van der Waals surface area contributed by atoms with Gasteiger partial charge in [-0.15, -0.1) is 6.58 Å². The first-order chi connectivity index (χ1) is 9.20. The number of nitrogens with one attached hydrogen (secondary N) is 2. The minimum absolute atomic E-state index is 0.117. The highest BCUT2D eigenvalue weighted by molar-refractivity contribution is 5.94. The molecule has 2 amide bonds. The van der Waals surface area contributed by atoms with Crippen molar-refractivity contribution in [3.8, 4) is 0 Å². The van der Waals surface area contributed by atoms with E-state index in [4.69, 9.17) is 0 Å². The topological polar surface area (TPSA) is 58.2 Å². The average Bonchev–Trinajstić information content (AvgIpc) is 3.27. The second-order valence-corrected chi connectivity index (χ2v) is 4.69. The third kappa shape index (κ3) is 3.95. The van der Waals surface area contributed by atoms with Gasteiger partial charge < -0.3 is 10.6 Å². The highest BCUT2D eigenvalue weighted by atomic mass is 16.2. The molecule has 4 heteroatoms. The number of rotatable bonds is 6. The maximum atomic E-state index is 11.6. The summed E-state index contributed by atoms with van der Waals surface area (Å²) in [5.41, 5.74) is 1.60.